The zero-order chi connectivity index (χ0) is 12.1. The van der Waals surface area contributed by atoms with Crippen molar-refractivity contribution in [3.8, 4) is 0 Å². The fourth-order valence-corrected chi connectivity index (χ4v) is 3.58. The molecule has 2 rings (SSSR count). The minimum atomic E-state index is -1.35. The van der Waals surface area contributed by atoms with E-state index in [-0.39, 0.29) is 23.1 Å². The monoisotopic (exact) mass is 243 g/mol. The Morgan fingerprint density at radius 2 is 1.62 bits per heavy atom. The van der Waals surface area contributed by atoms with Gasteiger partial charge in [-0.05, 0) is 18.8 Å². The maximum absolute atomic E-state index is 12.3. The van der Waals surface area contributed by atoms with Crippen LogP contribution in [0.4, 0.5) is 0 Å². The highest BCUT2D eigenvalue weighted by molar-refractivity contribution is 8.43. The molecule has 4 unspecified atom stereocenters. The highest BCUT2D eigenvalue weighted by atomic mass is 32.3. The maximum atomic E-state index is 12.3. The highest BCUT2D eigenvalue weighted by Crippen LogP contribution is 2.46. The minimum Gasteiger partial charge on any atom is -0.481 e. The molecule has 90 valence electrons. The van der Waals surface area contributed by atoms with Crippen LogP contribution in [0.3, 0.4) is 0 Å². The Labute approximate surface area is 96.4 Å². The number of carbonyl (C=O) groups excluding carboxylic acids is 1. The third-order valence-electron chi connectivity index (χ3n) is 3.23. The van der Waals surface area contributed by atoms with Crippen LogP contribution in [0.25, 0.3) is 0 Å². The van der Waals surface area contributed by atoms with Gasteiger partial charge in [-0.25, -0.2) is 0 Å². The van der Waals surface area contributed by atoms with Gasteiger partial charge in [0.2, 0.25) is 0 Å². The molecule has 0 aromatic carbocycles. The van der Waals surface area contributed by atoms with E-state index in [9.17, 15) is 14.7 Å². The van der Waals surface area contributed by atoms with Crippen LogP contribution in [0.2, 0.25) is 0 Å². The van der Waals surface area contributed by atoms with Crippen molar-refractivity contribution in [1.29, 1.82) is 0 Å². The molecule has 4 nitrogen and oxygen atoms in total. The van der Waals surface area contributed by atoms with E-state index in [2.05, 4.69) is 5.32 Å². The average molecular weight is 243 g/mol. The lowest BCUT2D eigenvalue weighted by Gasteiger charge is -2.31. The maximum Gasteiger partial charge on any atom is 0.309 e. The van der Waals surface area contributed by atoms with Gasteiger partial charge in [0.25, 0.3) is 0 Å². The Hall–Kier alpha value is -0.810. The quantitative estimate of drug-likeness (QED) is 0.690. The van der Waals surface area contributed by atoms with Gasteiger partial charge in [0.1, 0.15) is 0 Å². The van der Waals surface area contributed by atoms with E-state index in [0.717, 1.165) is 0 Å². The molecule has 16 heavy (non-hydrogen) atoms. The molecule has 0 spiro atoms. The van der Waals surface area contributed by atoms with E-state index in [1.807, 2.05) is 30.9 Å². The molecule has 0 amide bonds. The average Bonchev–Trinajstić information content (AvgIpc) is 2.72. The molecule has 2 N–H and O–H groups in total. The number of carboxylic acids is 1. The fourth-order valence-electron chi connectivity index (χ4n) is 2.47. The first-order valence-corrected chi connectivity index (χ1v) is 8.07. The van der Waals surface area contributed by atoms with Crippen LogP contribution < -0.4 is 5.32 Å². The van der Waals surface area contributed by atoms with Gasteiger partial charge in [-0.15, -0.1) is 0 Å². The SMILES string of the molecule is CS(C)(C)C(=O)C1C2C=CC(N2)C1C(=O)O. The molecule has 1 saturated heterocycles. The van der Waals surface area contributed by atoms with Crippen LogP contribution in [0.5, 0.6) is 0 Å². The largest absolute Gasteiger partial charge is 0.481 e. The molecule has 0 aliphatic carbocycles. The summed E-state index contributed by atoms with van der Waals surface area (Å²) in [6.07, 6.45) is 9.56. The molecular formula is C11H17NO3S. The Balaban J connectivity index is 2.30. The van der Waals surface area contributed by atoms with Crippen LogP contribution in [0, 0.1) is 11.8 Å². The minimum absolute atomic E-state index is 0.0784. The van der Waals surface area contributed by atoms with Crippen LogP contribution in [-0.4, -0.2) is 47.0 Å². The third kappa shape index (κ3) is 1.68. The van der Waals surface area contributed by atoms with Crippen molar-refractivity contribution < 1.29 is 14.7 Å². The second-order valence-corrected chi connectivity index (χ2v) is 9.23. The normalized spacial score (nSPS) is 37.7. The van der Waals surface area contributed by atoms with Crippen molar-refractivity contribution in [2.45, 2.75) is 12.1 Å². The van der Waals surface area contributed by atoms with E-state index in [0.29, 0.717) is 0 Å². The molecule has 5 heteroatoms. The van der Waals surface area contributed by atoms with Crippen molar-refractivity contribution in [3.05, 3.63) is 12.2 Å². The second-order valence-electron chi connectivity index (χ2n) is 5.15. The molecule has 0 saturated carbocycles. The topological polar surface area (TPSA) is 66.4 Å². The Bertz CT molecular complexity index is 372. The molecule has 2 heterocycles. The lowest BCUT2D eigenvalue weighted by atomic mass is 9.84. The summed E-state index contributed by atoms with van der Waals surface area (Å²) in [6, 6.07) is -0.247. The van der Waals surface area contributed by atoms with Crippen molar-refractivity contribution >= 4 is 21.1 Å². The van der Waals surface area contributed by atoms with Crippen LogP contribution in [0.15, 0.2) is 12.2 Å². The van der Waals surface area contributed by atoms with Gasteiger partial charge in [0, 0.05) is 12.1 Å². The number of hydrogen-bond donors (Lipinski definition) is 2. The summed E-state index contributed by atoms with van der Waals surface area (Å²) in [5.41, 5.74) is 0. The van der Waals surface area contributed by atoms with Crippen molar-refractivity contribution in [2.75, 3.05) is 18.8 Å². The molecule has 4 atom stereocenters. The summed E-state index contributed by atoms with van der Waals surface area (Å²) in [6.45, 7) is 0. The van der Waals surface area contributed by atoms with Gasteiger partial charge >= 0.3 is 5.97 Å². The van der Waals surface area contributed by atoms with Gasteiger partial charge in [0.15, 0.2) is 5.12 Å². The predicted octanol–water partition coefficient (Wildman–Crippen LogP) is 0.434. The smallest absolute Gasteiger partial charge is 0.309 e. The van der Waals surface area contributed by atoms with Crippen molar-refractivity contribution in [3.63, 3.8) is 0 Å². The number of carboxylic acid groups (broad SMARTS) is 1. The summed E-state index contributed by atoms with van der Waals surface area (Å²) in [5, 5.41) is 12.5. The van der Waals surface area contributed by atoms with E-state index >= 15 is 0 Å². The zero-order valence-electron chi connectivity index (χ0n) is 9.64. The molecular weight excluding hydrogens is 226 g/mol. The van der Waals surface area contributed by atoms with E-state index in [1.54, 1.807) is 0 Å². The molecule has 0 aromatic heterocycles. The van der Waals surface area contributed by atoms with E-state index in [4.69, 9.17) is 0 Å². The van der Waals surface area contributed by atoms with E-state index in [1.165, 1.54) is 0 Å². The zero-order valence-corrected chi connectivity index (χ0v) is 10.5. The predicted molar refractivity (Wildman–Crippen MR) is 64.8 cm³/mol. The number of rotatable bonds is 2. The van der Waals surface area contributed by atoms with Crippen LogP contribution in [-0.2, 0) is 9.59 Å². The van der Waals surface area contributed by atoms with E-state index < -0.39 is 21.9 Å². The highest BCUT2D eigenvalue weighted by Gasteiger charge is 2.52. The molecule has 2 aliphatic heterocycles. The van der Waals surface area contributed by atoms with Gasteiger partial charge in [0.05, 0.1) is 11.8 Å². The Morgan fingerprint density at radius 1 is 1.12 bits per heavy atom. The molecule has 2 bridgehead atoms. The number of fused-ring (bicyclic) bond motifs is 2. The summed E-state index contributed by atoms with van der Waals surface area (Å²) in [4.78, 5) is 23.5. The molecule has 2 aliphatic rings. The summed E-state index contributed by atoms with van der Waals surface area (Å²) < 4.78 is 0. The van der Waals surface area contributed by atoms with Crippen molar-refractivity contribution in [2.24, 2.45) is 11.8 Å². The molecule has 0 radical (unpaired) electrons. The first kappa shape index (κ1) is 11.7. The van der Waals surface area contributed by atoms with Gasteiger partial charge in [-0.1, -0.05) is 12.2 Å². The number of aliphatic carboxylic acids is 1. The lowest BCUT2D eigenvalue weighted by molar-refractivity contribution is -0.144. The molecule has 1 fully saturated rings. The standard InChI is InChI=1S/C11H17NO3S/c1-16(2,3)11(15)9-7-5-4-6(12-7)8(9)10(13)14/h4-9,12H,1-3H3,(H,13,14). The fraction of sp³-hybridized carbons (Fsp3) is 0.636. The number of nitrogens with one attached hydrogen (secondary N) is 1. The summed E-state index contributed by atoms with van der Waals surface area (Å²) in [5.74, 6) is -1.84. The van der Waals surface area contributed by atoms with Gasteiger partial charge < -0.3 is 10.4 Å². The third-order valence-corrected chi connectivity index (χ3v) is 4.71. The first-order chi connectivity index (χ1) is 7.32. The van der Waals surface area contributed by atoms with Gasteiger partial charge in [-0.2, -0.15) is 10.0 Å². The van der Waals surface area contributed by atoms with Crippen LogP contribution >= 0.6 is 10.0 Å². The van der Waals surface area contributed by atoms with Gasteiger partial charge in [-0.3, -0.25) is 9.59 Å². The number of hydrogen-bond acceptors (Lipinski definition) is 3. The number of carbonyl (C=O) groups is 2. The van der Waals surface area contributed by atoms with Crippen molar-refractivity contribution in [1.82, 2.24) is 5.32 Å². The first-order valence-electron chi connectivity index (χ1n) is 5.22. The lowest BCUT2D eigenvalue weighted by Crippen LogP contribution is -2.37. The molecule has 0 aromatic rings. The summed E-state index contributed by atoms with van der Waals surface area (Å²) in [7, 11) is -1.35. The Morgan fingerprint density at radius 3 is 2.06 bits per heavy atom. The Kier molecular flexibility index (Phi) is 2.62. The summed E-state index contributed by atoms with van der Waals surface area (Å²) >= 11 is 0. The second kappa shape index (κ2) is 3.60. The van der Waals surface area contributed by atoms with Crippen LogP contribution in [0.1, 0.15) is 0 Å².